The molecule has 3 rings (SSSR count). The molecule has 0 bridgehead atoms. The zero-order valence-electron chi connectivity index (χ0n) is 15.6. The van der Waals surface area contributed by atoms with Crippen molar-refractivity contribution in [3.63, 3.8) is 0 Å². The molecule has 0 atom stereocenters. The van der Waals surface area contributed by atoms with Crippen molar-refractivity contribution in [1.29, 1.82) is 0 Å². The minimum Gasteiger partial charge on any atom is -0.369 e. The highest BCUT2D eigenvalue weighted by Crippen LogP contribution is 2.28. The number of nitrogens with one attached hydrogen (secondary N) is 3. The van der Waals surface area contributed by atoms with Crippen LogP contribution >= 0.6 is 11.6 Å². The van der Waals surface area contributed by atoms with Crippen molar-refractivity contribution in [1.82, 2.24) is 15.3 Å². The molecule has 0 saturated carbocycles. The second-order valence-electron chi connectivity index (χ2n) is 6.23. The van der Waals surface area contributed by atoms with E-state index in [1.807, 2.05) is 48.5 Å². The number of nitrogens with zero attached hydrogens (tertiary/aromatic N) is 2. The number of rotatable bonds is 8. The van der Waals surface area contributed by atoms with Crippen molar-refractivity contribution in [3.05, 3.63) is 65.9 Å². The van der Waals surface area contributed by atoms with E-state index < -0.39 is 0 Å². The first kappa shape index (κ1) is 19.6. The summed E-state index contributed by atoms with van der Waals surface area (Å²) in [4.78, 5) is 19.8. The first-order valence-electron chi connectivity index (χ1n) is 9.04. The van der Waals surface area contributed by atoms with Gasteiger partial charge in [0.1, 0.15) is 11.6 Å². The fourth-order valence-electron chi connectivity index (χ4n) is 2.72. The number of amides is 1. The minimum atomic E-state index is -0.0185. The summed E-state index contributed by atoms with van der Waals surface area (Å²) in [5.41, 5.74) is 2.86. The average Bonchev–Trinajstić information content (AvgIpc) is 2.68. The van der Waals surface area contributed by atoms with E-state index in [-0.39, 0.29) is 5.91 Å². The number of aromatic nitrogens is 2. The van der Waals surface area contributed by atoms with E-state index in [2.05, 4.69) is 25.9 Å². The maximum atomic E-state index is 10.9. The third kappa shape index (κ3) is 5.69. The summed E-state index contributed by atoms with van der Waals surface area (Å²) in [6, 6.07) is 15.3. The molecule has 0 aliphatic heterocycles. The van der Waals surface area contributed by atoms with Gasteiger partial charge in [-0.15, -0.1) is 0 Å². The monoisotopic (exact) mass is 395 g/mol. The summed E-state index contributed by atoms with van der Waals surface area (Å²) in [5.74, 6) is 1.50. The van der Waals surface area contributed by atoms with Gasteiger partial charge in [-0.1, -0.05) is 17.7 Å². The lowest BCUT2D eigenvalue weighted by Crippen LogP contribution is -2.22. The van der Waals surface area contributed by atoms with Crippen LogP contribution in [0.3, 0.4) is 0 Å². The van der Waals surface area contributed by atoms with Crippen LogP contribution in [-0.2, 0) is 4.79 Å². The summed E-state index contributed by atoms with van der Waals surface area (Å²) in [6.07, 6.45) is 4.33. The molecule has 0 aliphatic carbocycles. The van der Waals surface area contributed by atoms with E-state index in [0.717, 1.165) is 34.9 Å². The Balaban J connectivity index is 1.72. The number of hydrogen-bond acceptors (Lipinski definition) is 5. The van der Waals surface area contributed by atoms with Gasteiger partial charge < -0.3 is 16.0 Å². The average molecular weight is 396 g/mol. The molecule has 0 radical (unpaired) electrons. The smallest absolute Gasteiger partial charge is 0.216 e. The Kier molecular flexibility index (Phi) is 6.81. The molecule has 0 aliphatic rings. The normalized spacial score (nSPS) is 10.4. The lowest BCUT2D eigenvalue weighted by molar-refractivity contribution is -0.118. The number of benzene rings is 1. The number of carbonyl (C=O) groups excluding carboxylic acids is 1. The maximum Gasteiger partial charge on any atom is 0.216 e. The molecule has 2 heterocycles. The van der Waals surface area contributed by atoms with Gasteiger partial charge in [0.15, 0.2) is 0 Å². The summed E-state index contributed by atoms with van der Waals surface area (Å²) in [7, 11) is 0. The Morgan fingerprint density at radius 2 is 1.93 bits per heavy atom. The minimum absolute atomic E-state index is 0.0185. The Bertz CT molecular complexity index is 947. The molecule has 0 saturated heterocycles. The Morgan fingerprint density at radius 3 is 2.75 bits per heavy atom. The number of halogens is 1. The van der Waals surface area contributed by atoms with Crippen LogP contribution in [0.4, 0.5) is 17.3 Å². The topological polar surface area (TPSA) is 78.9 Å². The molecule has 0 spiro atoms. The predicted molar refractivity (Wildman–Crippen MR) is 114 cm³/mol. The Morgan fingerprint density at radius 1 is 1.04 bits per heavy atom. The van der Waals surface area contributed by atoms with Crippen molar-refractivity contribution >= 4 is 34.8 Å². The van der Waals surface area contributed by atoms with Gasteiger partial charge >= 0.3 is 0 Å². The summed E-state index contributed by atoms with van der Waals surface area (Å²) < 4.78 is 0. The zero-order valence-corrected chi connectivity index (χ0v) is 16.3. The van der Waals surface area contributed by atoms with Gasteiger partial charge in [0.25, 0.3) is 0 Å². The zero-order chi connectivity index (χ0) is 19.8. The van der Waals surface area contributed by atoms with E-state index in [1.54, 1.807) is 12.4 Å². The summed E-state index contributed by atoms with van der Waals surface area (Å²) in [6.45, 7) is 2.86. The lowest BCUT2D eigenvalue weighted by atomic mass is 10.1. The molecule has 7 heteroatoms. The van der Waals surface area contributed by atoms with Gasteiger partial charge in [-0.05, 0) is 54.4 Å². The maximum absolute atomic E-state index is 10.9. The first-order chi connectivity index (χ1) is 13.6. The highest BCUT2D eigenvalue weighted by atomic mass is 35.5. The quantitative estimate of drug-likeness (QED) is 0.490. The van der Waals surface area contributed by atoms with Crippen molar-refractivity contribution in [3.8, 4) is 11.1 Å². The second-order valence-corrected chi connectivity index (χ2v) is 6.66. The number of pyridine rings is 2. The van der Waals surface area contributed by atoms with Gasteiger partial charge in [0.05, 0.1) is 0 Å². The second kappa shape index (κ2) is 9.71. The van der Waals surface area contributed by atoms with E-state index in [1.165, 1.54) is 6.92 Å². The van der Waals surface area contributed by atoms with Gasteiger partial charge in [0, 0.05) is 48.7 Å². The van der Waals surface area contributed by atoms with Crippen molar-refractivity contribution in [2.24, 2.45) is 0 Å². The molecule has 2 aromatic heterocycles. The first-order valence-corrected chi connectivity index (χ1v) is 9.42. The van der Waals surface area contributed by atoms with Gasteiger partial charge in [-0.3, -0.25) is 4.79 Å². The molecule has 0 unspecified atom stereocenters. The highest BCUT2D eigenvalue weighted by Gasteiger charge is 2.07. The number of carbonyl (C=O) groups is 1. The van der Waals surface area contributed by atoms with Crippen LogP contribution in [0.15, 0.2) is 60.9 Å². The van der Waals surface area contributed by atoms with Crippen LogP contribution < -0.4 is 16.0 Å². The van der Waals surface area contributed by atoms with E-state index in [9.17, 15) is 4.79 Å². The number of anilines is 3. The number of hydrogen-bond donors (Lipinski definition) is 3. The molecule has 1 aromatic carbocycles. The van der Waals surface area contributed by atoms with Crippen LogP contribution in [-0.4, -0.2) is 29.0 Å². The summed E-state index contributed by atoms with van der Waals surface area (Å²) >= 11 is 6.05. The van der Waals surface area contributed by atoms with Crippen LogP contribution in [0.5, 0.6) is 0 Å². The van der Waals surface area contributed by atoms with Crippen LogP contribution in [0.2, 0.25) is 5.02 Å². The molecular formula is C21H22ClN5O. The molecule has 0 fully saturated rings. The fraction of sp³-hybridized carbons (Fsp3) is 0.190. The van der Waals surface area contributed by atoms with E-state index in [0.29, 0.717) is 18.1 Å². The standard InChI is InChI=1S/C21H22ClN5O/c1-15(28)23-10-4-11-26-21-19(7-3-9-25-21)16-8-12-24-20(13-16)27-18-6-2-5-17(22)14-18/h2-3,5-9,12-14H,4,10-11H2,1H3,(H,23,28)(H,24,27)(H,25,26). The fourth-order valence-corrected chi connectivity index (χ4v) is 2.91. The van der Waals surface area contributed by atoms with E-state index >= 15 is 0 Å². The van der Waals surface area contributed by atoms with Crippen molar-refractivity contribution in [2.45, 2.75) is 13.3 Å². The molecule has 144 valence electrons. The van der Waals surface area contributed by atoms with Gasteiger partial charge in [-0.2, -0.15) is 0 Å². The predicted octanol–water partition coefficient (Wildman–Crippen LogP) is 4.48. The lowest BCUT2D eigenvalue weighted by Gasteiger charge is -2.12. The van der Waals surface area contributed by atoms with Crippen molar-refractivity contribution < 1.29 is 4.79 Å². The molecule has 6 nitrogen and oxygen atoms in total. The highest BCUT2D eigenvalue weighted by molar-refractivity contribution is 6.30. The van der Waals surface area contributed by atoms with Crippen LogP contribution in [0.25, 0.3) is 11.1 Å². The van der Waals surface area contributed by atoms with Crippen molar-refractivity contribution in [2.75, 3.05) is 23.7 Å². The molecule has 3 N–H and O–H groups in total. The van der Waals surface area contributed by atoms with Crippen LogP contribution in [0, 0.1) is 0 Å². The largest absolute Gasteiger partial charge is 0.369 e. The Labute approximate surface area is 169 Å². The SMILES string of the molecule is CC(=O)NCCCNc1ncccc1-c1ccnc(Nc2cccc(Cl)c2)c1. The third-order valence-corrected chi connectivity index (χ3v) is 4.23. The van der Waals surface area contributed by atoms with E-state index in [4.69, 9.17) is 11.6 Å². The molecule has 3 aromatic rings. The van der Waals surface area contributed by atoms with Gasteiger partial charge in [0.2, 0.25) is 5.91 Å². The Hall–Kier alpha value is -3.12. The molecule has 28 heavy (non-hydrogen) atoms. The third-order valence-electron chi connectivity index (χ3n) is 4.00. The van der Waals surface area contributed by atoms with Crippen LogP contribution in [0.1, 0.15) is 13.3 Å². The summed E-state index contributed by atoms with van der Waals surface area (Å²) in [5, 5.41) is 10.1. The van der Waals surface area contributed by atoms with Gasteiger partial charge in [-0.25, -0.2) is 9.97 Å². The molecular weight excluding hydrogens is 374 g/mol. The molecule has 1 amide bonds.